The lowest BCUT2D eigenvalue weighted by molar-refractivity contribution is 1.57. The summed E-state index contributed by atoms with van der Waals surface area (Å²) in [5, 5.41) is 0. The zero-order valence-electron chi connectivity index (χ0n) is 5.99. The first-order valence-corrected chi connectivity index (χ1v) is 2.94. The van der Waals surface area contributed by atoms with Gasteiger partial charge in [0.1, 0.15) is 0 Å². The molecule has 0 aliphatic rings. The molecule has 10 heavy (non-hydrogen) atoms. The summed E-state index contributed by atoms with van der Waals surface area (Å²) >= 11 is 0. The van der Waals surface area contributed by atoms with Crippen molar-refractivity contribution in [1.29, 1.82) is 0 Å². The van der Waals surface area contributed by atoms with E-state index in [-0.39, 0.29) is 0 Å². The van der Waals surface area contributed by atoms with Crippen molar-refractivity contribution in [2.24, 2.45) is 9.98 Å². The molecule has 0 aliphatic heterocycles. The fourth-order valence-electron chi connectivity index (χ4n) is 0.288. The van der Waals surface area contributed by atoms with Crippen LogP contribution in [-0.2, 0) is 0 Å². The van der Waals surface area contributed by atoms with Crippen molar-refractivity contribution in [1.82, 2.24) is 0 Å². The Morgan fingerprint density at radius 3 is 2.90 bits per heavy atom. The Morgan fingerprint density at radius 1 is 1.50 bits per heavy atom. The van der Waals surface area contributed by atoms with Crippen molar-refractivity contribution < 1.29 is 0 Å². The molecule has 0 aliphatic carbocycles. The van der Waals surface area contributed by atoms with Gasteiger partial charge in [0.2, 0.25) is 0 Å². The summed E-state index contributed by atoms with van der Waals surface area (Å²) in [6, 6.07) is 0. The van der Waals surface area contributed by atoms with Gasteiger partial charge in [0.15, 0.2) is 0 Å². The quantitative estimate of drug-likeness (QED) is 0.416. The molecule has 0 amide bonds. The lowest BCUT2D eigenvalue weighted by atomic mass is 10.6. The summed E-state index contributed by atoms with van der Waals surface area (Å²) in [7, 11) is 0. The fraction of sp³-hybridized carbons (Fsp3) is 0.125. The lowest BCUT2D eigenvalue weighted by Crippen LogP contribution is -1.55. The van der Waals surface area contributed by atoms with E-state index in [0.717, 1.165) is 0 Å². The minimum atomic E-state index is 1.49. The van der Waals surface area contributed by atoms with Crippen LogP contribution in [0, 0.1) is 0 Å². The van der Waals surface area contributed by atoms with Crippen LogP contribution in [0.15, 0.2) is 41.1 Å². The average Bonchev–Trinajstić information content (AvgIpc) is 1.97. The third kappa shape index (κ3) is 6.60. The molecule has 0 N–H and O–H groups in total. The van der Waals surface area contributed by atoms with E-state index in [2.05, 4.69) is 22.4 Å². The first kappa shape index (κ1) is 8.60. The average molecular weight is 134 g/mol. The molecule has 2 nitrogen and oxygen atoms in total. The van der Waals surface area contributed by atoms with Crippen LogP contribution in [0.25, 0.3) is 0 Å². The van der Waals surface area contributed by atoms with E-state index in [1.165, 1.54) is 6.20 Å². The van der Waals surface area contributed by atoms with Crippen LogP contribution < -0.4 is 0 Å². The molecule has 0 spiro atoms. The van der Waals surface area contributed by atoms with E-state index in [0.29, 0.717) is 0 Å². The normalized spacial score (nSPS) is 9.70. The molecule has 0 rings (SSSR count). The van der Waals surface area contributed by atoms with Gasteiger partial charge in [-0.2, -0.15) is 0 Å². The van der Waals surface area contributed by atoms with E-state index in [1.54, 1.807) is 24.6 Å². The van der Waals surface area contributed by atoms with Gasteiger partial charge >= 0.3 is 0 Å². The Bertz CT molecular complexity index is 193. The second-order valence-electron chi connectivity index (χ2n) is 1.37. The summed E-state index contributed by atoms with van der Waals surface area (Å²) in [6.07, 6.45) is 8.12. The third-order valence-electron chi connectivity index (χ3n) is 0.653. The zero-order chi connectivity index (χ0) is 7.66. The molecule has 0 atom stereocenters. The van der Waals surface area contributed by atoms with Crippen molar-refractivity contribution >= 4 is 12.1 Å². The van der Waals surface area contributed by atoms with Gasteiger partial charge in [-0.05, 0) is 13.0 Å². The lowest BCUT2D eigenvalue weighted by Gasteiger charge is -1.66. The highest BCUT2D eigenvalue weighted by Gasteiger charge is 1.55. The number of nitrogens with zero attached hydrogens (tertiary/aromatic N) is 2. The molecule has 0 saturated heterocycles. The van der Waals surface area contributed by atoms with Crippen molar-refractivity contribution in [3.05, 3.63) is 31.1 Å². The third-order valence-corrected chi connectivity index (χ3v) is 0.653. The maximum atomic E-state index is 3.75. The van der Waals surface area contributed by atoms with Crippen LogP contribution in [0.5, 0.6) is 0 Å². The Morgan fingerprint density at radius 2 is 2.30 bits per heavy atom. The summed E-state index contributed by atoms with van der Waals surface area (Å²) in [5.74, 6) is 2.59. The molecule has 0 aromatic rings. The molecule has 0 fully saturated rings. The Labute approximate surface area is 61.0 Å². The van der Waals surface area contributed by atoms with Crippen molar-refractivity contribution in [2.45, 2.75) is 6.92 Å². The van der Waals surface area contributed by atoms with E-state index in [4.69, 9.17) is 0 Å². The predicted octanol–water partition coefficient (Wildman–Crippen LogP) is 1.96. The summed E-state index contributed by atoms with van der Waals surface area (Å²) in [4.78, 5) is 7.48. The molecule has 2 heteroatoms. The van der Waals surface area contributed by atoms with Crippen LogP contribution in [0.1, 0.15) is 6.92 Å². The molecular formula is C8H10N2. The maximum absolute atomic E-state index is 3.75. The van der Waals surface area contributed by atoms with E-state index >= 15 is 0 Å². The molecule has 0 aromatic heterocycles. The zero-order valence-corrected chi connectivity index (χ0v) is 5.99. The molecule has 0 bridgehead atoms. The minimum Gasteiger partial charge on any atom is -0.259 e. The van der Waals surface area contributed by atoms with E-state index in [1.807, 2.05) is 6.92 Å². The topological polar surface area (TPSA) is 24.7 Å². The van der Waals surface area contributed by atoms with Crippen LogP contribution in [0.3, 0.4) is 0 Å². The van der Waals surface area contributed by atoms with Gasteiger partial charge in [-0.15, -0.1) is 0 Å². The van der Waals surface area contributed by atoms with Crippen LogP contribution in [0.2, 0.25) is 0 Å². The number of hydrogen-bond acceptors (Lipinski definition) is 2. The molecule has 0 aromatic carbocycles. The Hall–Kier alpha value is -1.40. The predicted molar refractivity (Wildman–Crippen MR) is 45.5 cm³/mol. The largest absolute Gasteiger partial charge is 0.259 e. The summed E-state index contributed by atoms with van der Waals surface area (Å²) < 4.78 is 0. The number of aliphatic imine (C=N–C) groups is 2. The minimum absolute atomic E-state index is 1.49. The van der Waals surface area contributed by atoms with E-state index < -0.39 is 0 Å². The molecular weight excluding hydrogens is 124 g/mol. The van der Waals surface area contributed by atoms with Crippen molar-refractivity contribution in [2.75, 3.05) is 0 Å². The molecule has 0 heterocycles. The number of rotatable bonds is 3. The molecule has 0 saturated carbocycles. The van der Waals surface area contributed by atoms with Gasteiger partial charge in [-0.25, -0.2) is 4.99 Å². The van der Waals surface area contributed by atoms with Gasteiger partial charge in [-0.1, -0.05) is 12.7 Å². The Kier molecular flexibility index (Phi) is 6.54. The standard InChI is InChI=1S/C8H10N2/c1-3-5-6-10-8-7-9-4-2/h3-7H,1H2,2H3/b6-5-,9-4+. The van der Waals surface area contributed by atoms with Gasteiger partial charge in [-0.3, -0.25) is 4.99 Å². The van der Waals surface area contributed by atoms with Crippen LogP contribution >= 0.6 is 0 Å². The first-order chi connectivity index (χ1) is 4.91. The monoisotopic (exact) mass is 134 g/mol. The summed E-state index contributed by atoms with van der Waals surface area (Å²) in [5.41, 5.74) is 0. The Balaban J connectivity index is 3.74. The molecule has 0 radical (unpaired) electrons. The SMILES string of the molecule is C=C/C=C\N=C=C/N=C/C. The van der Waals surface area contributed by atoms with Gasteiger partial charge in [0.25, 0.3) is 0 Å². The molecule has 0 unspecified atom stereocenters. The highest BCUT2D eigenvalue weighted by molar-refractivity contribution is 5.59. The van der Waals surface area contributed by atoms with Crippen molar-refractivity contribution in [3.63, 3.8) is 0 Å². The van der Waals surface area contributed by atoms with Gasteiger partial charge < -0.3 is 0 Å². The number of allylic oxidation sites excluding steroid dienone is 2. The first-order valence-electron chi connectivity index (χ1n) is 2.94. The van der Waals surface area contributed by atoms with Crippen LogP contribution in [0.4, 0.5) is 0 Å². The molecule has 52 valence electrons. The van der Waals surface area contributed by atoms with Gasteiger partial charge in [0.05, 0.1) is 6.20 Å². The highest BCUT2D eigenvalue weighted by atomic mass is 14.7. The van der Waals surface area contributed by atoms with Crippen molar-refractivity contribution in [3.8, 4) is 0 Å². The highest BCUT2D eigenvalue weighted by Crippen LogP contribution is 1.72. The van der Waals surface area contributed by atoms with Crippen LogP contribution in [-0.4, -0.2) is 12.1 Å². The van der Waals surface area contributed by atoms with Gasteiger partial charge in [0, 0.05) is 18.3 Å². The second-order valence-corrected chi connectivity index (χ2v) is 1.37. The number of hydrogen-bond donors (Lipinski definition) is 0. The second kappa shape index (κ2) is 7.60. The summed E-state index contributed by atoms with van der Waals surface area (Å²) in [6.45, 7) is 5.31. The maximum Gasteiger partial charge on any atom is 0.0877 e. The van der Waals surface area contributed by atoms with E-state index in [9.17, 15) is 0 Å². The smallest absolute Gasteiger partial charge is 0.0877 e. The fourth-order valence-corrected chi connectivity index (χ4v) is 0.288.